The summed E-state index contributed by atoms with van der Waals surface area (Å²) in [5.74, 6) is -0.766. The molecule has 3 rings (SSSR count). The van der Waals surface area contributed by atoms with Crippen molar-refractivity contribution in [1.29, 1.82) is 0 Å². The Kier molecular flexibility index (Phi) is 4.03. The van der Waals surface area contributed by atoms with Gasteiger partial charge in [0.1, 0.15) is 5.82 Å². The Bertz CT molecular complexity index is 790. The highest BCUT2D eigenvalue weighted by atomic mass is 35.5. The molecule has 3 heteroatoms. The number of ketones is 1. The lowest BCUT2D eigenvalue weighted by atomic mass is 9.99. The number of hydrogen-bond acceptors (Lipinski definition) is 1. The lowest BCUT2D eigenvalue weighted by Crippen LogP contribution is -2.01. The molecule has 0 aliphatic rings. The van der Waals surface area contributed by atoms with Gasteiger partial charge in [-0.2, -0.15) is 0 Å². The molecule has 0 amide bonds. The SMILES string of the molecule is O=C(c1ccc(-c2ccccc2)cc1)c1cc(F)cc(Cl)c1. The number of rotatable bonds is 3. The van der Waals surface area contributed by atoms with Gasteiger partial charge in [-0.25, -0.2) is 4.39 Å². The minimum absolute atomic E-state index is 0.212. The van der Waals surface area contributed by atoms with Crippen molar-refractivity contribution in [1.82, 2.24) is 0 Å². The minimum atomic E-state index is -0.517. The maximum Gasteiger partial charge on any atom is 0.193 e. The molecule has 0 radical (unpaired) electrons. The first-order chi connectivity index (χ1) is 10.6. The van der Waals surface area contributed by atoms with Crippen molar-refractivity contribution in [3.63, 3.8) is 0 Å². The van der Waals surface area contributed by atoms with Gasteiger partial charge in [-0.1, -0.05) is 66.2 Å². The Labute approximate surface area is 133 Å². The summed E-state index contributed by atoms with van der Waals surface area (Å²) in [6, 6.07) is 21.0. The molecule has 0 saturated heterocycles. The van der Waals surface area contributed by atoms with Crippen LogP contribution in [0.3, 0.4) is 0 Å². The summed E-state index contributed by atoms with van der Waals surface area (Å²) in [4.78, 5) is 12.4. The molecule has 3 aromatic carbocycles. The van der Waals surface area contributed by atoms with Crippen LogP contribution in [0.25, 0.3) is 11.1 Å². The zero-order valence-corrected chi connectivity index (χ0v) is 12.3. The number of halogens is 2. The molecule has 0 heterocycles. The summed E-state index contributed by atoms with van der Waals surface area (Å²) in [5.41, 5.74) is 2.85. The topological polar surface area (TPSA) is 17.1 Å². The first-order valence-electron chi connectivity index (χ1n) is 6.80. The van der Waals surface area contributed by atoms with Crippen LogP contribution in [0.2, 0.25) is 5.02 Å². The van der Waals surface area contributed by atoms with Crippen LogP contribution in [-0.2, 0) is 0 Å². The molecule has 0 aliphatic heterocycles. The van der Waals surface area contributed by atoms with Gasteiger partial charge in [0.15, 0.2) is 5.78 Å². The van der Waals surface area contributed by atoms with Crippen molar-refractivity contribution in [3.8, 4) is 11.1 Å². The van der Waals surface area contributed by atoms with Crippen LogP contribution in [0.4, 0.5) is 4.39 Å². The van der Waals surface area contributed by atoms with E-state index >= 15 is 0 Å². The standard InChI is InChI=1S/C19H12ClFO/c20-17-10-16(11-18(21)12-17)19(22)15-8-6-14(7-9-15)13-4-2-1-3-5-13/h1-12H. The Morgan fingerprint density at radius 3 is 2.05 bits per heavy atom. The normalized spacial score (nSPS) is 10.5. The summed E-state index contributed by atoms with van der Waals surface area (Å²) < 4.78 is 13.4. The second-order valence-corrected chi connectivity index (χ2v) is 5.37. The van der Waals surface area contributed by atoms with E-state index in [1.807, 2.05) is 42.5 Å². The maximum absolute atomic E-state index is 13.4. The van der Waals surface area contributed by atoms with Crippen molar-refractivity contribution in [2.75, 3.05) is 0 Å². The maximum atomic E-state index is 13.4. The minimum Gasteiger partial charge on any atom is -0.289 e. The van der Waals surface area contributed by atoms with Crippen LogP contribution in [0.1, 0.15) is 15.9 Å². The molecule has 0 unspecified atom stereocenters. The van der Waals surface area contributed by atoms with Gasteiger partial charge in [-0.3, -0.25) is 4.79 Å². The van der Waals surface area contributed by atoms with Crippen molar-refractivity contribution < 1.29 is 9.18 Å². The van der Waals surface area contributed by atoms with E-state index in [2.05, 4.69) is 0 Å². The number of benzene rings is 3. The highest BCUT2D eigenvalue weighted by molar-refractivity contribution is 6.31. The van der Waals surface area contributed by atoms with Gasteiger partial charge in [0.05, 0.1) is 0 Å². The van der Waals surface area contributed by atoms with E-state index in [9.17, 15) is 9.18 Å². The van der Waals surface area contributed by atoms with E-state index in [-0.39, 0.29) is 16.4 Å². The first kappa shape index (κ1) is 14.5. The lowest BCUT2D eigenvalue weighted by Gasteiger charge is -2.05. The summed E-state index contributed by atoms with van der Waals surface area (Å²) in [6.07, 6.45) is 0. The average molecular weight is 311 g/mol. The molecule has 0 N–H and O–H groups in total. The van der Waals surface area contributed by atoms with Crippen LogP contribution in [0.15, 0.2) is 72.8 Å². The van der Waals surface area contributed by atoms with Crippen LogP contribution in [-0.4, -0.2) is 5.78 Å². The van der Waals surface area contributed by atoms with E-state index in [0.29, 0.717) is 5.56 Å². The Balaban J connectivity index is 1.91. The van der Waals surface area contributed by atoms with Crippen LogP contribution in [0, 0.1) is 5.82 Å². The third-order valence-electron chi connectivity index (χ3n) is 3.38. The van der Waals surface area contributed by atoms with Crippen LogP contribution in [0.5, 0.6) is 0 Å². The number of carbonyl (C=O) groups excluding carboxylic acids is 1. The third kappa shape index (κ3) is 3.07. The quantitative estimate of drug-likeness (QED) is 0.594. The third-order valence-corrected chi connectivity index (χ3v) is 3.60. The molecule has 3 aromatic rings. The summed E-state index contributed by atoms with van der Waals surface area (Å²) in [6.45, 7) is 0. The van der Waals surface area contributed by atoms with Gasteiger partial charge in [0.2, 0.25) is 0 Å². The predicted molar refractivity (Wildman–Crippen MR) is 86.7 cm³/mol. The second-order valence-electron chi connectivity index (χ2n) is 4.93. The molecule has 0 spiro atoms. The second kappa shape index (κ2) is 6.12. The van der Waals surface area contributed by atoms with Crippen LogP contribution < -0.4 is 0 Å². The molecular weight excluding hydrogens is 299 g/mol. The highest BCUT2D eigenvalue weighted by Crippen LogP contribution is 2.22. The van der Waals surface area contributed by atoms with Gasteiger partial charge in [-0.15, -0.1) is 0 Å². The lowest BCUT2D eigenvalue weighted by molar-refractivity contribution is 0.103. The number of hydrogen-bond donors (Lipinski definition) is 0. The fourth-order valence-corrected chi connectivity index (χ4v) is 2.52. The van der Waals surface area contributed by atoms with Gasteiger partial charge in [-0.05, 0) is 29.3 Å². The molecule has 0 aromatic heterocycles. The fraction of sp³-hybridized carbons (Fsp3) is 0. The largest absolute Gasteiger partial charge is 0.289 e. The van der Waals surface area contributed by atoms with Crippen molar-refractivity contribution in [2.45, 2.75) is 0 Å². The zero-order valence-electron chi connectivity index (χ0n) is 11.6. The van der Waals surface area contributed by atoms with E-state index in [1.54, 1.807) is 12.1 Å². The molecule has 0 bridgehead atoms. The molecule has 0 aliphatic carbocycles. The monoisotopic (exact) mass is 310 g/mol. The Hall–Kier alpha value is -2.45. The van der Waals surface area contributed by atoms with E-state index in [0.717, 1.165) is 11.1 Å². The molecule has 108 valence electrons. The smallest absolute Gasteiger partial charge is 0.193 e. The molecule has 0 atom stereocenters. The van der Waals surface area contributed by atoms with Gasteiger partial charge in [0, 0.05) is 16.1 Å². The van der Waals surface area contributed by atoms with E-state index < -0.39 is 5.82 Å². The van der Waals surface area contributed by atoms with Gasteiger partial charge >= 0.3 is 0 Å². The molecule has 22 heavy (non-hydrogen) atoms. The number of carbonyl (C=O) groups is 1. The van der Waals surface area contributed by atoms with E-state index in [1.165, 1.54) is 18.2 Å². The van der Waals surface area contributed by atoms with Gasteiger partial charge in [0.25, 0.3) is 0 Å². The summed E-state index contributed by atoms with van der Waals surface area (Å²) in [7, 11) is 0. The Morgan fingerprint density at radius 2 is 1.41 bits per heavy atom. The molecule has 1 nitrogen and oxygen atoms in total. The van der Waals surface area contributed by atoms with Gasteiger partial charge < -0.3 is 0 Å². The van der Waals surface area contributed by atoms with E-state index in [4.69, 9.17) is 11.6 Å². The van der Waals surface area contributed by atoms with Crippen LogP contribution >= 0.6 is 11.6 Å². The summed E-state index contributed by atoms with van der Waals surface area (Å²) >= 11 is 5.79. The predicted octanol–water partition coefficient (Wildman–Crippen LogP) is 5.38. The highest BCUT2D eigenvalue weighted by Gasteiger charge is 2.11. The molecule has 0 saturated carbocycles. The zero-order chi connectivity index (χ0) is 15.5. The van der Waals surface area contributed by atoms with Crippen molar-refractivity contribution in [2.24, 2.45) is 0 Å². The summed E-state index contributed by atoms with van der Waals surface area (Å²) in [5, 5.41) is 0.212. The van der Waals surface area contributed by atoms with Crippen molar-refractivity contribution >= 4 is 17.4 Å². The average Bonchev–Trinajstić information content (AvgIpc) is 2.54. The molecule has 0 fully saturated rings. The molecular formula is C19H12ClFO. The first-order valence-corrected chi connectivity index (χ1v) is 7.17. The fourth-order valence-electron chi connectivity index (χ4n) is 2.30. The van der Waals surface area contributed by atoms with Crippen molar-refractivity contribution in [3.05, 3.63) is 94.8 Å². The Morgan fingerprint density at radius 1 is 0.773 bits per heavy atom.